The molecule has 4 aromatic rings. The average Bonchev–Trinajstić information content (AvgIpc) is 3.02. The Balaban J connectivity index is 1.79. The number of aryl methyl sites for hydroxylation is 2. The van der Waals surface area contributed by atoms with Crippen molar-refractivity contribution in [3.63, 3.8) is 0 Å². The molecule has 0 aliphatic heterocycles. The van der Waals surface area contributed by atoms with E-state index in [-0.39, 0.29) is 10.7 Å². The van der Waals surface area contributed by atoms with E-state index in [0.717, 1.165) is 10.00 Å². The summed E-state index contributed by atoms with van der Waals surface area (Å²) in [5.74, 6) is 0.599. The summed E-state index contributed by atoms with van der Waals surface area (Å²) >= 11 is 0. The van der Waals surface area contributed by atoms with E-state index in [1.807, 2.05) is 6.92 Å². The molecule has 2 aromatic heterocycles. The lowest BCUT2D eigenvalue weighted by atomic mass is 10.2. The molecule has 0 saturated heterocycles. The zero-order valence-electron chi connectivity index (χ0n) is 17.5. The number of halogens is 1. The van der Waals surface area contributed by atoms with E-state index in [9.17, 15) is 12.8 Å². The lowest BCUT2D eigenvalue weighted by Gasteiger charge is -2.13. The number of nitrogens with one attached hydrogen (secondary N) is 1. The molecule has 160 valence electrons. The third-order valence-electron chi connectivity index (χ3n) is 4.85. The Bertz CT molecular complexity index is 1360. The van der Waals surface area contributed by atoms with Gasteiger partial charge in [-0.05, 0) is 55.5 Å². The second kappa shape index (κ2) is 7.71. The molecule has 0 unspecified atom stereocenters. The molecule has 8 nitrogen and oxygen atoms in total. The first-order valence-electron chi connectivity index (χ1n) is 9.44. The predicted octanol–water partition coefficient (Wildman–Crippen LogP) is 3.47. The minimum atomic E-state index is -3.52. The van der Waals surface area contributed by atoms with Gasteiger partial charge >= 0.3 is 0 Å². The van der Waals surface area contributed by atoms with E-state index in [0.29, 0.717) is 33.9 Å². The Morgan fingerprint density at radius 1 is 1.00 bits per heavy atom. The molecule has 0 radical (unpaired) electrons. The molecule has 0 aliphatic rings. The number of sulfonamides is 1. The summed E-state index contributed by atoms with van der Waals surface area (Å²) in [7, 11) is 1.26. The molecular formula is C21H21FN6O2S. The van der Waals surface area contributed by atoms with Gasteiger partial charge in [-0.3, -0.25) is 4.68 Å². The highest BCUT2D eigenvalue weighted by atomic mass is 32.2. The molecular weight excluding hydrogens is 419 g/mol. The summed E-state index contributed by atoms with van der Waals surface area (Å²) in [4.78, 5) is 9.45. The van der Waals surface area contributed by atoms with E-state index >= 15 is 0 Å². The van der Waals surface area contributed by atoms with Crippen LogP contribution in [0.2, 0.25) is 0 Å². The van der Waals surface area contributed by atoms with E-state index < -0.39 is 10.0 Å². The molecule has 0 aliphatic carbocycles. The maximum Gasteiger partial charge on any atom is 0.242 e. The molecule has 0 saturated carbocycles. The first-order chi connectivity index (χ1) is 14.7. The zero-order valence-corrected chi connectivity index (χ0v) is 18.3. The molecule has 0 amide bonds. The highest BCUT2D eigenvalue weighted by Gasteiger charge is 2.18. The van der Waals surface area contributed by atoms with Gasteiger partial charge in [-0.2, -0.15) is 5.10 Å². The third-order valence-corrected chi connectivity index (χ3v) is 6.68. The first-order valence-corrected chi connectivity index (χ1v) is 10.9. The summed E-state index contributed by atoms with van der Waals surface area (Å²) in [6, 6.07) is 12.4. The highest BCUT2D eigenvalue weighted by molar-refractivity contribution is 7.89. The van der Waals surface area contributed by atoms with Gasteiger partial charge in [0.2, 0.25) is 10.0 Å². The lowest BCUT2D eigenvalue weighted by molar-refractivity contribution is 0.521. The molecule has 0 bridgehead atoms. The fourth-order valence-electron chi connectivity index (χ4n) is 3.21. The number of aromatic nitrogens is 4. The van der Waals surface area contributed by atoms with Gasteiger partial charge in [-0.15, -0.1) is 0 Å². The van der Waals surface area contributed by atoms with Gasteiger partial charge in [0.05, 0.1) is 10.6 Å². The number of rotatable bonds is 5. The Morgan fingerprint density at radius 2 is 1.65 bits per heavy atom. The van der Waals surface area contributed by atoms with Gasteiger partial charge in [0.25, 0.3) is 0 Å². The summed E-state index contributed by atoms with van der Waals surface area (Å²) in [5, 5.41) is 7.67. The van der Waals surface area contributed by atoms with Crippen LogP contribution in [-0.2, 0) is 17.1 Å². The summed E-state index contributed by atoms with van der Waals surface area (Å²) in [5.41, 5.74) is 3.43. The van der Waals surface area contributed by atoms with Crippen LogP contribution in [0.5, 0.6) is 0 Å². The normalized spacial score (nSPS) is 11.9. The molecule has 31 heavy (non-hydrogen) atoms. The SMILES string of the molecule is Cc1nn(C)c2c(Nc3ccc(S(=O)(=O)N(C)C)cc3)nc(-c3ccc(F)cc3)nc12. The Morgan fingerprint density at radius 3 is 2.26 bits per heavy atom. The van der Waals surface area contributed by atoms with Crippen LogP contribution < -0.4 is 5.32 Å². The van der Waals surface area contributed by atoms with Crippen LogP contribution in [0.15, 0.2) is 53.4 Å². The number of hydrogen-bond acceptors (Lipinski definition) is 6. The summed E-state index contributed by atoms with van der Waals surface area (Å²) < 4.78 is 40.8. The molecule has 2 aromatic carbocycles. The largest absolute Gasteiger partial charge is 0.338 e. The van der Waals surface area contributed by atoms with Crippen molar-refractivity contribution in [2.75, 3.05) is 19.4 Å². The topological polar surface area (TPSA) is 93.0 Å². The van der Waals surface area contributed by atoms with Gasteiger partial charge in [0.1, 0.15) is 16.9 Å². The molecule has 0 atom stereocenters. The van der Waals surface area contributed by atoms with E-state index in [4.69, 9.17) is 0 Å². The minimum Gasteiger partial charge on any atom is -0.338 e. The lowest BCUT2D eigenvalue weighted by Crippen LogP contribution is -2.22. The second-order valence-electron chi connectivity index (χ2n) is 7.25. The van der Waals surface area contributed by atoms with Crippen molar-refractivity contribution < 1.29 is 12.8 Å². The van der Waals surface area contributed by atoms with Gasteiger partial charge in [0.15, 0.2) is 11.6 Å². The van der Waals surface area contributed by atoms with Gasteiger partial charge < -0.3 is 5.32 Å². The third kappa shape index (κ3) is 3.87. The van der Waals surface area contributed by atoms with Crippen molar-refractivity contribution in [1.82, 2.24) is 24.1 Å². The molecule has 0 spiro atoms. The van der Waals surface area contributed by atoms with Crippen LogP contribution in [0.1, 0.15) is 5.69 Å². The minimum absolute atomic E-state index is 0.194. The van der Waals surface area contributed by atoms with Crippen LogP contribution in [0.4, 0.5) is 15.9 Å². The van der Waals surface area contributed by atoms with Crippen LogP contribution in [0, 0.1) is 12.7 Å². The molecule has 4 rings (SSSR count). The Labute approximate surface area is 179 Å². The molecule has 0 fully saturated rings. The van der Waals surface area contributed by atoms with Crippen molar-refractivity contribution in [3.05, 3.63) is 60.0 Å². The standard InChI is InChI=1S/C21H21FN6O2S/c1-13-18-19(28(4)26-13)21(25-20(24-18)14-5-7-15(22)8-6-14)23-16-9-11-17(12-10-16)31(29,30)27(2)3/h5-12H,1-4H3,(H,23,24,25). The zero-order chi connectivity index (χ0) is 22.3. The van der Waals surface area contributed by atoms with E-state index in [1.54, 1.807) is 36.0 Å². The molecule has 1 N–H and O–H groups in total. The quantitative estimate of drug-likeness (QED) is 0.511. The molecule has 10 heteroatoms. The average molecular weight is 441 g/mol. The number of fused-ring (bicyclic) bond motifs is 1. The van der Waals surface area contributed by atoms with Gasteiger partial charge in [-0.1, -0.05) is 0 Å². The number of hydrogen-bond donors (Lipinski definition) is 1. The summed E-state index contributed by atoms with van der Waals surface area (Å²) in [6.07, 6.45) is 0. The Hall–Kier alpha value is -3.37. The van der Waals surface area contributed by atoms with E-state index in [1.165, 1.54) is 38.4 Å². The fraction of sp³-hybridized carbons (Fsp3) is 0.190. The van der Waals surface area contributed by atoms with Gasteiger partial charge in [-0.25, -0.2) is 27.1 Å². The van der Waals surface area contributed by atoms with Crippen LogP contribution in [0.25, 0.3) is 22.4 Å². The fourth-order valence-corrected chi connectivity index (χ4v) is 4.11. The van der Waals surface area contributed by atoms with Crippen LogP contribution in [-0.4, -0.2) is 46.6 Å². The smallest absolute Gasteiger partial charge is 0.242 e. The van der Waals surface area contributed by atoms with Gasteiger partial charge in [0, 0.05) is 32.4 Å². The Kier molecular flexibility index (Phi) is 5.19. The number of nitrogens with zero attached hydrogens (tertiary/aromatic N) is 5. The highest BCUT2D eigenvalue weighted by Crippen LogP contribution is 2.29. The van der Waals surface area contributed by atoms with Crippen molar-refractivity contribution in [1.29, 1.82) is 0 Å². The van der Waals surface area contributed by atoms with Crippen molar-refractivity contribution in [2.45, 2.75) is 11.8 Å². The maximum atomic E-state index is 13.3. The molecule has 2 heterocycles. The number of anilines is 2. The van der Waals surface area contributed by atoms with E-state index in [2.05, 4.69) is 20.4 Å². The van der Waals surface area contributed by atoms with Crippen LogP contribution in [0.3, 0.4) is 0 Å². The second-order valence-corrected chi connectivity index (χ2v) is 9.40. The van der Waals surface area contributed by atoms with Crippen LogP contribution >= 0.6 is 0 Å². The summed E-state index contributed by atoms with van der Waals surface area (Å²) in [6.45, 7) is 1.86. The van der Waals surface area contributed by atoms with Crippen molar-refractivity contribution in [3.8, 4) is 11.4 Å². The van der Waals surface area contributed by atoms with Crippen molar-refractivity contribution in [2.24, 2.45) is 7.05 Å². The number of benzene rings is 2. The predicted molar refractivity (Wildman–Crippen MR) is 117 cm³/mol. The maximum absolute atomic E-state index is 13.3. The first kappa shape index (κ1) is 20.9. The monoisotopic (exact) mass is 440 g/mol. The van der Waals surface area contributed by atoms with Crippen molar-refractivity contribution >= 4 is 32.6 Å².